The first-order valence-electron chi connectivity index (χ1n) is 18.4. The molecule has 0 spiro atoms. The van der Waals surface area contributed by atoms with Gasteiger partial charge in [-0.1, -0.05) is 139 Å². The number of rotatable bonds is 6. The minimum absolute atomic E-state index is 0. The first-order chi connectivity index (χ1) is 27.3. The van der Waals surface area contributed by atoms with Gasteiger partial charge in [-0.3, -0.25) is 8.97 Å². The number of hydrogen-bond donors (Lipinski definition) is 0. The molecule has 8 aromatic carbocycles. The summed E-state index contributed by atoms with van der Waals surface area (Å²) in [6.45, 7) is 0. The van der Waals surface area contributed by atoms with Gasteiger partial charge >= 0.3 is 0 Å². The summed E-state index contributed by atoms with van der Waals surface area (Å²) in [5, 5.41) is 0. The Kier molecular flexibility index (Phi) is 8.31. The molecule has 0 aliphatic rings. The van der Waals surface area contributed by atoms with Gasteiger partial charge in [0, 0.05) is 21.1 Å². The van der Waals surface area contributed by atoms with Crippen LogP contribution in [0.2, 0.25) is 0 Å². The molecule has 0 aliphatic carbocycles. The molecule has 0 saturated carbocycles. The van der Waals surface area contributed by atoms with Gasteiger partial charge in [0.15, 0.2) is 0 Å². The second-order valence-electron chi connectivity index (χ2n) is 13.6. The molecule has 11 aromatic rings. The molecule has 0 saturated heterocycles. The van der Waals surface area contributed by atoms with Gasteiger partial charge in [-0.15, -0.1) is 35.9 Å². The SMILES string of the molecule is [Pt].[c-]1c(-c2cccc3c2nc2n(-c4[c-]cccc4)c4ccccc4n32)cccc1-n1[c-][n+](-c2c(-c3ccccc3)cccc2-c2ccccc2)c2ccccc21. The normalized spacial score (nSPS) is 11.4. The smallest absolute Gasteiger partial charge is 0.268 e. The summed E-state index contributed by atoms with van der Waals surface area (Å²) in [5.74, 6) is 0.847. The molecule has 0 atom stereocenters. The first kappa shape index (κ1) is 33.7. The molecule has 3 heterocycles. The van der Waals surface area contributed by atoms with Crippen LogP contribution in [-0.2, 0) is 21.1 Å². The predicted octanol–water partition coefficient (Wildman–Crippen LogP) is 11.1. The van der Waals surface area contributed by atoms with Crippen molar-refractivity contribution in [1.82, 2.24) is 18.5 Å². The molecule has 3 aromatic heterocycles. The average molecular weight is 897 g/mol. The van der Waals surface area contributed by atoms with E-state index in [0.717, 1.165) is 89.3 Å². The fourth-order valence-corrected chi connectivity index (χ4v) is 8.04. The largest absolute Gasteiger partial charge is 0.309 e. The Bertz CT molecular complexity index is 3140. The molecule has 5 nitrogen and oxygen atoms in total. The summed E-state index contributed by atoms with van der Waals surface area (Å²) in [5.41, 5.74) is 15.7. The molecule has 56 heavy (non-hydrogen) atoms. The minimum Gasteiger partial charge on any atom is -0.309 e. The van der Waals surface area contributed by atoms with Gasteiger partial charge in [-0.2, -0.15) is 24.3 Å². The van der Waals surface area contributed by atoms with Gasteiger partial charge in [0.05, 0.1) is 38.8 Å². The molecule has 0 bridgehead atoms. The van der Waals surface area contributed by atoms with E-state index in [1.54, 1.807) is 0 Å². The molecule has 0 unspecified atom stereocenters. The number of aromatic nitrogens is 5. The number of fused-ring (bicyclic) bond motifs is 6. The monoisotopic (exact) mass is 896 g/mol. The van der Waals surface area contributed by atoms with Crippen molar-refractivity contribution >= 4 is 38.9 Å². The van der Waals surface area contributed by atoms with Crippen LogP contribution in [-0.4, -0.2) is 18.5 Å². The number of hydrogen-bond acceptors (Lipinski definition) is 1. The Morgan fingerprint density at radius 3 is 1.80 bits per heavy atom. The van der Waals surface area contributed by atoms with Crippen LogP contribution in [0, 0.1) is 18.5 Å². The zero-order valence-corrected chi connectivity index (χ0v) is 32.2. The van der Waals surface area contributed by atoms with Crippen LogP contribution >= 0.6 is 0 Å². The van der Waals surface area contributed by atoms with E-state index in [-0.39, 0.29) is 21.1 Å². The molecule has 0 radical (unpaired) electrons. The van der Waals surface area contributed by atoms with Crippen molar-refractivity contribution in [3.8, 4) is 50.4 Å². The van der Waals surface area contributed by atoms with Crippen molar-refractivity contribution in [2.24, 2.45) is 0 Å². The molecular formula is C50H31N5Pt-2. The molecule has 6 heteroatoms. The van der Waals surface area contributed by atoms with Crippen molar-refractivity contribution in [3.05, 3.63) is 207 Å². The minimum atomic E-state index is 0. The van der Waals surface area contributed by atoms with Gasteiger partial charge in [0.2, 0.25) is 5.78 Å². The Balaban J connectivity index is 0.00000384. The van der Waals surface area contributed by atoms with Crippen LogP contribution in [0.4, 0.5) is 0 Å². The number of imidazole rings is 3. The van der Waals surface area contributed by atoms with Crippen LogP contribution in [0.15, 0.2) is 188 Å². The third-order valence-electron chi connectivity index (χ3n) is 10.5. The first-order valence-corrected chi connectivity index (χ1v) is 18.4. The third kappa shape index (κ3) is 5.35. The van der Waals surface area contributed by atoms with Crippen LogP contribution in [0.1, 0.15) is 0 Å². The van der Waals surface area contributed by atoms with Gasteiger partial charge in [0.1, 0.15) is 0 Å². The van der Waals surface area contributed by atoms with Crippen molar-refractivity contribution in [2.45, 2.75) is 0 Å². The molecule has 11 rings (SSSR count). The van der Waals surface area contributed by atoms with Crippen molar-refractivity contribution in [2.75, 3.05) is 0 Å². The maximum Gasteiger partial charge on any atom is 0.268 e. The topological polar surface area (TPSA) is 31.0 Å². The number of benzene rings is 8. The van der Waals surface area contributed by atoms with E-state index in [1.165, 1.54) is 0 Å². The molecule has 0 N–H and O–H groups in total. The van der Waals surface area contributed by atoms with Crippen LogP contribution < -0.4 is 4.57 Å². The maximum atomic E-state index is 5.35. The summed E-state index contributed by atoms with van der Waals surface area (Å²) in [6, 6.07) is 72.7. The van der Waals surface area contributed by atoms with Crippen molar-refractivity contribution in [3.63, 3.8) is 0 Å². The summed E-state index contributed by atoms with van der Waals surface area (Å²) in [4.78, 5) is 5.35. The van der Waals surface area contributed by atoms with E-state index >= 15 is 0 Å². The van der Waals surface area contributed by atoms with E-state index in [1.807, 2.05) is 18.2 Å². The third-order valence-corrected chi connectivity index (χ3v) is 10.5. The maximum absolute atomic E-state index is 5.35. The molecular weight excluding hydrogens is 866 g/mol. The second-order valence-corrected chi connectivity index (χ2v) is 13.6. The fraction of sp³-hybridized carbons (Fsp3) is 0. The van der Waals surface area contributed by atoms with E-state index in [4.69, 9.17) is 4.98 Å². The summed E-state index contributed by atoms with van der Waals surface area (Å²) >= 11 is 0. The van der Waals surface area contributed by atoms with E-state index in [9.17, 15) is 0 Å². The summed E-state index contributed by atoms with van der Waals surface area (Å²) in [7, 11) is 0. The van der Waals surface area contributed by atoms with Crippen LogP contribution in [0.3, 0.4) is 0 Å². The zero-order chi connectivity index (χ0) is 36.3. The summed E-state index contributed by atoms with van der Waals surface area (Å²) in [6.07, 6.45) is 3.80. The molecule has 0 fully saturated rings. The zero-order valence-electron chi connectivity index (χ0n) is 30.0. The van der Waals surface area contributed by atoms with Crippen LogP contribution in [0.25, 0.3) is 89.3 Å². The van der Waals surface area contributed by atoms with Gasteiger partial charge < -0.3 is 9.13 Å². The van der Waals surface area contributed by atoms with Crippen molar-refractivity contribution < 1.29 is 25.6 Å². The van der Waals surface area contributed by atoms with Crippen molar-refractivity contribution in [1.29, 1.82) is 0 Å². The summed E-state index contributed by atoms with van der Waals surface area (Å²) < 4.78 is 8.79. The van der Waals surface area contributed by atoms with Crippen LogP contribution in [0.5, 0.6) is 0 Å². The Labute approximate surface area is 338 Å². The van der Waals surface area contributed by atoms with E-state index in [0.29, 0.717) is 0 Å². The molecule has 0 amide bonds. The molecule has 0 aliphatic heterocycles. The Morgan fingerprint density at radius 1 is 0.482 bits per heavy atom. The van der Waals surface area contributed by atoms with E-state index < -0.39 is 0 Å². The Morgan fingerprint density at radius 2 is 1.07 bits per heavy atom. The quantitative estimate of drug-likeness (QED) is 0.121. The average Bonchev–Trinajstić information content (AvgIpc) is 3.94. The number of nitrogens with zero attached hydrogens (tertiary/aromatic N) is 5. The van der Waals surface area contributed by atoms with Gasteiger partial charge in [-0.25, -0.2) is 4.98 Å². The Hall–Kier alpha value is -6.81. The standard InChI is InChI=1S/C50H31N5.Pt/c1-4-17-35(18-5-1)41-26-15-27-42(36-19-6-2-7-20-36)49(41)53-34-52(43-28-10-11-29-44(43)53)39-24-14-21-37(33-39)40-25-16-32-47-48(40)51-50-54(38-22-8-3-9-23-38)45-30-12-13-31-46(45)55(47)50;/h1-22,24-32H;/q-2;. The molecule has 268 valence electrons. The second kappa shape index (κ2) is 13.8. The van der Waals surface area contributed by atoms with Gasteiger partial charge in [-0.05, 0) is 46.1 Å². The predicted molar refractivity (Wildman–Crippen MR) is 221 cm³/mol. The fourth-order valence-electron chi connectivity index (χ4n) is 8.04. The van der Waals surface area contributed by atoms with Gasteiger partial charge in [0.25, 0.3) is 6.33 Å². The number of para-hydroxylation sites is 7. The van der Waals surface area contributed by atoms with E-state index in [2.05, 4.69) is 206 Å².